The molecule has 0 bridgehead atoms. The van der Waals surface area contributed by atoms with Crippen LogP contribution in [0.2, 0.25) is 0 Å². The van der Waals surface area contributed by atoms with Crippen LogP contribution >= 0.6 is 0 Å². The minimum Gasteiger partial charge on any atom is -0.480 e. The number of nitrogens with zero attached hydrogens (tertiary/aromatic N) is 1. The van der Waals surface area contributed by atoms with E-state index < -0.39 is 12.0 Å². The van der Waals surface area contributed by atoms with Crippen LogP contribution in [-0.2, 0) is 11.2 Å². The summed E-state index contributed by atoms with van der Waals surface area (Å²) in [6.45, 7) is 1.80. The van der Waals surface area contributed by atoms with Crippen LogP contribution in [0.3, 0.4) is 0 Å². The van der Waals surface area contributed by atoms with Gasteiger partial charge in [0.25, 0.3) is 0 Å². The fourth-order valence-electron chi connectivity index (χ4n) is 3.11. The van der Waals surface area contributed by atoms with Gasteiger partial charge in [-0.25, -0.2) is 0 Å². The van der Waals surface area contributed by atoms with E-state index in [4.69, 9.17) is 0 Å². The lowest BCUT2D eigenvalue weighted by Crippen LogP contribution is -2.45. The Bertz CT molecular complexity index is 599. The quantitative estimate of drug-likeness (QED) is 0.899. The van der Waals surface area contributed by atoms with Gasteiger partial charge in [-0.05, 0) is 37.6 Å². The van der Waals surface area contributed by atoms with Gasteiger partial charge in [0.1, 0.15) is 6.04 Å². The molecule has 0 saturated carbocycles. The van der Waals surface area contributed by atoms with Crippen LogP contribution in [0.25, 0.3) is 10.9 Å². The molecule has 1 atom stereocenters. The Morgan fingerprint density at radius 3 is 2.75 bits per heavy atom. The maximum atomic E-state index is 11.6. The first-order valence-electron chi connectivity index (χ1n) is 7.27. The van der Waals surface area contributed by atoms with E-state index in [1.54, 1.807) is 0 Å². The highest BCUT2D eigenvalue weighted by Crippen LogP contribution is 2.22. The normalized spacial score (nSPS) is 18.2. The van der Waals surface area contributed by atoms with Crippen molar-refractivity contribution in [3.05, 3.63) is 36.0 Å². The van der Waals surface area contributed by atoms with Crippen molar-refractivity contribution >= 4 is 16.9 Å². The van der Waals surface area contributed by atoms with Gasteiger partial charge in [0.15, 0.2) is 0 Å². The van der Waals surface area contributed by atoms with Gasteiger partial charge in [0.2, 0.25) is 0 Å². The molecule has 1 aromatic carbocycles. The zero-order valence-corrected chi connectivity index (χ0v) is 11.5. The maximum Gasteiger partial charge on any atom is 0.321 e. The van der Waals surface area contributed by atoms with E-state index in [-0.39, 0.29) is 0 Å². The molecule has 4 heteroatoms. The Morgan fingerprint density at radius 1 is 1.25 bits per heavy atom. The predicted octanol–water partition coefficient (Wildman–Crippen LogP) is 2.65. The lowest BCUT2D eigenvalue weighted by atomic mass is 10.0. The van der Waals surface area contributed by atoms with Gasteiger partial charge in [-0.2, -0.15) is 0 Å². The number of benzene rings is 1. The third kappa shape index (κ3) is 2.56. The summed E-state index contributed by atoms with van der Waals surface area (Å²) in [5.74, 6) is -0.711. The van der Waals surface area contributed by atoms with Gasteiger partial charge < -0.3 is 10.1 Å². The standard InChI is InChI=1S/C16H20N2O2/c19-16(20)15(18-8-4-1-5-9-18)10-12-11-17-14-7-3-2-6-13(12)14/h2-3,6-7,11,15,17H,1,4-5,8-10H2,(H,19,20). The fourth-order valence-corrected chi connectivity index (χ4v) is 3.11. The van der Waals surface area contributed by atoms with Crippen molar-refractivity contribution in [2.24, 2.45) is 0 Å². The molecule has 4 nitrogen and oxygen atoms in total. The largest absolute Gasteiger partial charge is 0.480 e. The van der Waals surface area contributed by atoms with Crippen molar-refractivity contribution < 1.29 is 9.90 Å². The molecule has 0 spiro atoms. The van der Waals surface area contributed by atoms with Crippen LogP contribution in [0, 0.1) is 0 Å². The third-order valence-electron chi connectivity index (χ3n) is 4.20. The van der Waals surface area contributed by atoms with Crippen LogP contribution in [0.15, 0.2) is 30.5 Å². The Labute approximate surface area is 118 Å². The average Bonchev–Trinajstić information content (AvgIpc) is 2.88. The number of carboxylic acids is 1. The van der Waals surface area contributed by atoms with Crippen molar-refractivity contribution in [1.82, 2.24) is 9.88 Å². The van der Waals surface area contributed by atoms with Crippen molar-refractivity contribution in [2.75, 3.05) is 13.1 Å². The second-order valence-corrected chi connectivity index (χ2v) is 5.51. The molecule has 106 valence electrons. The van der Waals surface area contributed by atoms with Crippen LogP contribution in [0.5, 0.6) is 0 Å². The molecule has 0 aliphatic carbocycles. The van der Waals surface area contributed by atoms with Crippen molar-refractivity contribution in [3.8, 4) is 0 Å². The molecule has 20 heavy (non-hydrogen) atoms. The van der Waals surface area contributed by atoms with E-state index >= 15 is 0 Å². The summed E-state index contributed by atoms with van der Waals surface area (Å²) < 4.78 is 0. The number of hydrogen-bond acceptors (Lipinski definition) is 2. The molecule has 1 aromatic heterocycles. The highest BCUT2D eigenvalue weighted by molar-refractivity contribution is 5.84. The summed E-state index contributed by atoms with van der Waals surface area (Å²) >= 11 is 0. The number of fused-ring (bicyclic) bond motifs is 1. The smallest absolute Gasteiger partial charge is 0.321 e. The Kier molecular flexibility index (Phi) is 3.74. The monoisotopic (exact) mass is 272 g/mol. The molecular weight excluding hydrogens is 252 g/mol. The van der Waals surface area contributed by atoms with Crippen LogP contribution < -0.4 is 0 Å². The highest BCUT2D eigenvalue weighted by atomic mass is 16.4. The number of nitrogens with one attached hydrogen (secondary N) is 1. The van der Waals surface area contributed by atoms with Gasteiger partial charge in [-0.1, -0.05) is 24.6 Å². The number of piperidine rings is 1. The minimum absolute atomic E-state index is 0.408. The SMILES string of the molecule is O=C(O)C(Cc1c[nH]c2ccccc12)N1CCCCC1. The topological polar surface area (TPSA) is 56.3 Å². The van der Waals surface area contributed by atoms with E-state index in [9.17, 15) is 9.90 Å². The fraction of sp³-hybridized carbons (Fsp3) is 0.438. The van der Waals surface area contributed by atoms with E-state index in [1.165, 1.54) is 6.42 Å². The number of aromatic amines is 1. The molecule has 1 fully saturated rings. The number of likely N-dealkylation sites (tertiary alicyclic amines) is 1. The maximum absolute atomic E-state index is 11.6. The third-order valence-corrected chi connectivity index (χ3v) is 4.20. The lowest BCUT2D eigenvalue weighted by Gasteiger charge is -2.31. The van der Waals surface area contributed by atoms with Gasteiger partial charge in [-0.15, -0.1) is 0 Å². The summed E-state index contributed by atoms with van der Waals surface area (Å²) in [7, 11) is 0. The highest BCUT2D eigenvalue weighted by Gasteiger charge is 2.27. The zero-order valence-electron chi connectivity index (χ0n) is 11.5. The molecule has 0 amide bonds. The van der Waals surface area contributed by atoms with Crippen LogP contribution in [0.4, 0.5) is 0 Å². The van der Waals surface area contributed by atoms with Crippen molar-refractivity contribution in [1.29, 1.82) is 0 Å². The minimum atomic E-state index is -0.711. The average molecular weight is 272 g/mol. The number of aromatic nitrogens is 1. The molecule has 1 saturated heterocycles. The van der Waals surface area contributed by atoms with Crippen molar-refractivity contribution in [3.63, 3.8) is 0 Å². The van der Waals surface area contributed by atoms with Gasteiger partial charge >= 0.3 is 5.97 Å². The molecule has 2 aromatic rings. The molecule has 1 aliphatic rings. The summed E-state index contributed by atoms with van der Waals surface area (Å²) in [5, 5.41) is 10.7. The van der Waals surface area contributed by atoms with E-state index in [0.29, 0.717) is 6.42 Å². The summed E-state index contributed by atoms with van der Waals surface area (Å²) in [4.78, 5) is 17.0. The number of aliphatic carboxylic acids is 1. The molecular formula is C16H20N2O2. The van der Waals surface area contributed by atoms with E-state index in [2.05, 4.69) is 16.0 Å². The molecule has 0 radical (unpaired) electrons. The first kappa shape index (κ1) is 13.2. The number of rotatable bonds is 4. The second kappa shape index (κ2) is 5.67. The summed E-state index contributed by atoms with van der Waals surface area (Å²) in [5.41, 5.74) is 2.17. The lowest BCUT2D eigenvalue weighted by molar-refractivity contribution is -0.143. The number of hydrogen-bond donors (Lipinski definition) is 2. The van der Waals surface area contributed by atoms with Crippen LogP contribution in [-0.4, -0.2) is 40.1 Å². The number of carboxylic acid groups (broad SMARTS) is 1. The van der Waals surface area contributed by atoms with Crippen molar-refractivity contribution in [2.45, 2.75) is 31.7 Å². The Morgan fingerprint density at radius 2 is 2.00 bits per heavy atom. The number of H-pyrrole nitrogens is 1. The predicted molar refractivity (Wildman–Crippen MR) is 78.9 cm³/mol. The van der Waals surface area contributed by atoms with E-state index in [1.807, 2.05) is 24.4 Å². The van der Waals surface area contributed by atoms with Gasteiger partial charge in [0.05, 0.1) is 0 Å². The molecule has 1 unspecified atom stereocenters. The second-order valence-electron chi connectivity index (χ2n) is 5.51. The molecule has 2 N–H and O–H groups in total. The molecule has 1 aliphatic heterocycles. The number of carbonyl (C=O) groups is 1. The molecule has 3 rings (SSSR count). The summed E-state index contributed by atoms with van der Waals surface area (Å²) in [6, 6.07) is 7.65. The number of para-hydroxylation sites is 1. The Hall–Kier alpha value is -1.81. The first-order chi connectivity index (χ1) is 9.75. The van der Waals surface area contributed by atoms with Gasteiger partial charge in [0, 0.05) is 23.5 Å². The van der Waals surface area contributed by atoms with Gasteiger partial charge in [-0.3, -0.25) is 9.69 Å². The Balaban J connectivity index is 1.84. The van der Waals surface area contributed by atoms with E-state index in [0.717, 1.165) is 42.4 Å². The first-order valence-corrected chi connectivity index (χ1v) is 7.27. The summed E-state index contributed by atoms with van der Waals surface area (Å²) in [6.07, 6.45) is 5.95. The molecule has 2 heterocycles. The zero-order chi connectivity index (χ0) is 13.9. The van der Waals surface area contributed by atoms with Crippen LogP contribution in [0.1, 0.15) is 24.8 Å².